The average molecular weight is 352 g/mol. The van der Waals surface area contributed by atoms with Gasteiger partial charge in [0.25, 0.3) is 0 Å². The molecule has 1 heterocycles. The number of carbonyl (C=O) groups is 1. The van der Waals surface area contributed by atoms with Crippen LogP contribution in [0, 0.1) is 6.92 Å². The minimum atomic E-state index is -0.0589. The number of thioether (sulfide) groups is 1. The zero-order valence-corrected chi connectivity index (χ0v) is 13.3. The van der Waals surface area contributed by atoms with Gasteiger partial charge in [-0.05, 0) is 52.7 Å². The summed E-state index contributed by atoms with van der Waals surface area (Å²) in [5.41, 5.74) is 7.42. The molecule has 0 unspecified atom stereocenters. The third-order valence-corrected chi connectivity index (χ3v) is 4.17. The van der Waals surface area contributed by atoms with Gasteiger partial charge in [-0.2, -0.15) is 0 Å². The smallest absolute Gasteiger partial charge is 0.234 e. The van der Waals surface area contributed by atoms with Crippen LogP contribution in [0.5, 0.6) is 0 Å². The Hall–Kier alpha value is -1.53. The number of pyridine rings is 1. The van der Waals surface area contributed by atoms with Gasteiger partial charge in [0.2, 0.25) is 5.91 Å². The number of nitrogen functional groups attached to an aromatic ring is 1. The van der Waals surface area contributed by atoms with Gasteiger partial charge < -0.3 is 11.1 Å². The molecule has 0 spiro atoms. The van der Waals surface area contributed by atoms with E-state index in [1.54, 1.807) is 12.3 Å². The highest BCUT2D eigenvalue weighted by atomic mass is 79.9. The van der Waals surface area contributed by atoms with Gasteiger partial charge in [-0.15, -0.1) is 11.8 Å². The van der Waals surface area contributed by atoms with E-state index in [1.807, 2.05) is 31.2 Å². The van der Waals surface area contributed by atoms with Crippen LogP contribution in [0.3, 0.4) is 0 Å². The molecule has 1 amide bonds. The number of halogens is 1. The van der Waals surface area contributed by atoms with Gasteiger partial charge in [0.05, 0.1) is 11.4 Å². The third kappa shape index (κ3) is 4.25. The molecule has 1 aromatic carbocycles. The number of rotatable bonds is 4. The van der Waals surface area contributed by atoms with Crippen molar-refractivity contribution >= 4 is 45.1 Å². The summed E-state index contributed by atoms with van der Waals surface area (Å²) in [6, 6.07) is 9.37. The van der Waals surface area contributed by atoms with Crippen molar-refractivity contribution < 1.29 is 4.79 Å². The Morgan fingerprint density at radius 3 is 2.85 bits per heavy atom. The summed E-state index contributed by atoms with van der Waals surface area (Å²) >= 11 is 4.85. The number of nitrogens with two attached hydrogens (primary N) is 1. The largest absolute Gasteiger partial charge is 0.384 e. The number of anilines is 2. The fraction of sp³-hybridized carbons (Fsp3) is 0.143. The second-order valence-electron chi connectivity index (χ2n) is 4.24. The maximum absolute atomic E-state index is 11.9. The molecule has 0 saturated carbocycles. The molecule has 0 aliphatic heterocycles. The Kier molecular flexibility index (Phi) is 5.03. The van der Waals surface area contributed by atoms with Gasteiger partial charge in [0, 0.05) is 15.6 Å². The molecule has 2 aromatic rings. The first-order valence-electron chi connectivity index (χ1n) is 5.95. The Labute approximate surface area is 130 Å². The molecule has 0 saturated heterocycles. The van der Waals surface area contributed by atoms with E-state index in [9.17, 15) is 4.79 Å². The third-order valence-electron chi connectivity index (χ3n) is 2.53. The lowest BCUT2D eigenvalue weighted by atomic mass is 10.2. The second-order valence-corrected chi connectivity index (χ2v) is 6.14. The van der Waals surface area contributed by atoms with Crippen LogP contribution in [0.25, 0.3) is 0 Å². The van der Waals surface area contributed by atoms with Gasteiger partial charge in [-0.1, -0.05) is 6.07 Å². The SMILES string of the molecule is Cc1ccc(NC(=O)CSc2ccc(N)nc2)c(Br)c1. The highest BCUT2D eigenvalue weighted by Gasteiger charge is 2.06. The summed E-state index contributed by atoms with van der Waals surface area (Å²) in [4.78, 5) is 16.8. The summed E-state index contributed by atoms with van der Waals surface area (Å²) in [5, 5.41) is 2.87. The molecule has 0 atom stereocenters. The molecule has 0 fully saturated rings. The van der Waals surface area contributed by atoms with E-state index in [1.165, 1.54) is 11.8 Å². The van der Waals surface area contributed by atoms with Crippen LogP contribution < -0.4 is 11.1 Å². The van der Waals surface area contributed by atoms with Crippen molar-refractivity contribution in [2.24, 2.45) is 0 Å². The number of hydrogen-bond acceptors (Lipinski definition) is 4. The number of carbonyl (C=O) groups excluding carboxylic acids is 1. The molecule has 3 N–H and O–H groups in total. The first-order chi connectivity index (χ1) is 9.54. The van der Waals surface area contributed by atoms with E-state index in [4.69, 9.17) is 5.73 Å². The van der Waals surface area contributed by atoms with Crippen LogP contribution in [0.4, 0.5) is 11.5 Å². The summed E-state index contributed by atoms with van der Waals surface area (Å²) < 4.78 is 0.880. The van der Waals surface area contributed by atoms with Crippen LogP contribution >= 0.6 is 27.7 Å². The van der Waals surface area contributed by atoms with Crippen LogP contribution in [0.15, 0.2) is 45.9 Å². The van der Waals surface area contributed by atoms with E-state index in [-0.39, 0.29) is 5.91 Å². The molecule has 6 heteroatoms. The van der Waals surface area contributed by atoms with Crippen molar-refractivity contribution in [1.29, 1.82) is 0 Å². The van der Waals surface area contributed by atoms with Crippen LogP contribution in [-0.2, 0) is 4.79 Å². The topological polar surface area (TPSA) is 68.0 Å². The predicted molar refractivity (Wildman–Crippen MR) is 86.9 cm³/mol. The fourth-order valence-corrected chi connectivity index (χ4v) is 2.79. The number of aromatic nitrogens is 1. The Bertz CT molecular complexity index is 616. The van der Waals surface area contributed by atoms with E-state index in [0.717, 1.165) is 20.6 Å². The van der Waals surface area contributed by atoms with Crippen LogP contribution in [-0.4, -0.2) is 16.6 Å². The molecule has 4 nitrogen and oxygen atoms in total. The van der Waals surface area contributed by atoms with E-state index < -0.39 is 0 Å². The molecule has 0 radical (unpaired) electrons. The molecule has 2 rings (SSSR count). The van der Waals surface area contributed by atoms with Crippen LogP contribution in [0.1, 0.15) is 5.56 Å². The summed E-state index contributed by atoms with van der Waals surface area (Å²) in [6.07, 6.45) is 1.66. The Balaban J connectivity index is 1.90. The maximum atomic E-state index is 11.9. The Morgan fingerprint density at radius 2 is 2.20 bits per heavy atom. The van der Waals surface area contributed by atoms with Crippen LogP contribution in [0.2, 0.25) is 0 Å². The average Bonchev–Trinajstić information content (AvgIpc) is 2.41. The van der Waals surface area contributed by atoms with Gasteiger partial charge in [-0.25, -0.2) is 4.98 Å². The second kappa shape index (κ2) is 6.76. The van der Waals surface area contributed by atoms with Crippen molar-refractivity contribution in [2.45, 2.75) is 11.8 Å². The summed E-state index contributed by atoms with van der Waals surface area (Å²) in [6.45, 7) is 2.00. The number of benzene rings is 1. The van der Waals surface area contributed by atoms with E-state index in [0.29, 0.717) is 11.6 Å². The molecule has 0 aliphatic carbocycles. The maximum Gasteiger partial charge on any atom is 0.234 e. The first kappa shape index (κ1) is 14.9. The highest BCUT2D eigenvalue weighted by molar-refractivity contribution is 9.10. The first-order valence-corrected chi connectivity index (χ1v) is 7.73. The minimum Gasteiger partial charge on any atom is -0.384 e. The van der Waals surface area contributed by atoms with Crippen molar-refractivity contribution in [2.75, 3.05) is 16.8 Å². The molecule has 104 valence electrons. The Morgan fingerprint density at radius 1 is 1.40 bits per heavy atom. The molecule has 0 aliphatic rings. The molecular weight excluding hydrogens is 338 g/mol. The molecule has 20 heavy (non-hydrogen) atoms. The van der Waals surface area contributed by atoms with Crippen molar-refractivity contribution in [3.8, 4) is 0 Å². The number of nitrogens with one attached hydrogen (secondary N) is 1. The standard InChI is InChI=1S/C14H14BrN3OS/c1-9-2-4-12(11(15)6-9)18-14(19)8-20-10-3-5-13(16)17-7-10/h2-7H,8H2,1H3,(H2,16,17)(H,18,19). The van der Waals surface area contributed by atoms with E-state index >= 15 is 0 Å². The minimum absolute atomic E-state index is 0.0589. The zero-order chi connectivity index (χ0) is 14.5. The van der Waals surface area contributed by atoms with E-state index in [2.05, 4.69) is 26.2 Å². The number of nitrogens with zero attached hydrogens (tertiary/aromatic N) is 1. The molecule has 1 aromatic heterocycles. The fourth-order valence-electron chi connectivity index (χ4n) is 1.53. The number of hydrogen-bond donors (Lipinski definition) is 2. The lowest BCUT2D eigenvalue weighted by molar-refractivity contribution is -0.113. The lowest BCUT2D eigenvalue weighted by Crippen LogP contribution is -2.14. The monoisotopic (exact) mass is 351 g/mol. The van der Waals surface area contributed by atoms with Crippen molar-refractivity contribution in [3.05, 3.63) is 46.6 Å². The zero-order valence-electron chi connectivity index (χ0n) is 10.9. The molecular formula is C14H14BrN3OS. The van der Waals surface area contributed by atoms with Gasteiger partial charge >= 0.3 is 0 Å². The van der Waals surface area contributed by atoms with Gasteiger partial charge in [0.15, 0.2) is 0 Å². The predicted octanol–water partition coefficient (Wildman–Crippen LogP) is 3.47. The quantitative estimate of drug-likeness (QED) is 0.827. The number of aryl methyl sites for hydroxylation is 1. The number of amides is 1. The van der Waals surface area contributed by atoms with Gasteiger partial charge in [0.1, 0.15) is 5.82 Å². The van der Waals surface area contributed by atoms with Gasteiger partial charge in [-0.3, -0.25) is 4.79 Å². The summed E-state index contributed by atoms with van der Waals surface area (Å²) in [7, 11) is 0. The normalized spacial score (nSPS) is 10.3. The highest BCUT2D eigenvalue weighted by Crippen LogP contribution is 2.24. The van der Waals surface area contributed by atoms with Crippen molar-refractivity contribution in [3.63, 3.8) is 0 Å². The summed E-state index contributed by atoms with van der Waals surface area (Å²) in [5.74, 6) is 0.741. The lowest BCUT2D eigenvalue weighted by Gasteiger charge is -2.08. The molecule has 0 bridgehead atoms. The van der Waals surface area contributed by atoms with Crippen molar-refractivity contribution in [1.82, 2.24) is 4.98 Å².